The average molecular weight is 496 g/mol. The van der Waals surface area contributed by atoms with E-state index in [1.807, 2.05) is 12.1 Å². The minimum absolute atomic E-state index is 0.0670. The van der Waals surface area contributed by atoms with Crippen LogP contribution in [0.2, 0.25) is 0 Å². The van der Waals surface area contributed by atoms with Gasteiger partial charge < -0.3 is 14.2 Å². The summed E-state index contributed by atoms with van der Waals surface area (Å²) in [4.78, 5) is 15.1. The molecule has 0 atom stereocenters. The molecule has 0 spiro atoms. The first kappa shape index (κ1) is 23.2. The van der Waals surface area contributed by atoms with Crippen molar-refractivity contribution >= 4 is 37.6 Å². The van der Waals surface area contributed by atoms with Gasteiger partial charge in [0, 0.05) is 42.7 Å². The van der Waals surface area contributed by atoms with Gasteiger partial charge in [0.25, 0.3) is 10.0 Å². The Morgan fingerprint density at radius 3 is 2.71 bits per heavy atom. The number of para-hydroxylation sites is 1. The highest BCUT2D eigenvalue weighted by atomic mass is 32.2. The van der Waals surface area contributed by atoms with E-state index in [1.165, 1.54) is 19.5 Å². The van der Waals surface area contributed by atoms with Crippen LogP contribution in [-0.2, 0) is 14.8 Å². The lowest BCUT2D eigenvalue weighted by molar-refractivity contribution is 0.0321. The van der Waals surface area contributed by atoms with Gasteiger partial charge in [0.05, 0.1) is 31.4 Å². The van der Waals surface area contributed by atoms with Crippen LogP contribution in [0.5, 0.6) is 11.5 Å². The number of morpholine rings is 1. The fourth-order valence-electron chi connectivity index (χ4n) is 4.00. The average Bonchev–Trinajstić information content (AvgIpc) is 2.88. The number of nitrogens with zero attached hydrogens (tertiary/aromatic N) is 4. The van der Waals surface area contributed by atoms with Crippen LogP contribution in [0.4, 0.5) is 5.82 Å². The van der Waals surface area contributed by atoms with Crippen molar-refractivity contribution in [3.8, 4) is 11.5 Å². The summed E-state index contributed by atoms with van der Waals surface area (Å²) >= 11 is 0. The molecule has 182 valence electrons. The van der Waals surface area contributed by atoms with Gasteiger partial charge in [-0.2, -0.15) is 0 Å². The van der Waals surface area contributed by atoms with E-state index in [0.29, 0.717) is 34.5 Å². The number of methoxy groups -OCH3 is 1. The Morgan fingerprint density at radius 1 is 1.06 bits per heavy atom. The van der Waals surface area contributed by atoms with Crippen molar-refractivity contribution in [1.82, 2.24) is 19.9 Å². The predicted octanol–water partition coefficient (Wildman–Crippen LogP) is 2.70. The standard InChI is InChI=1S/C24H25N5O5S/c1-32-20-14-18-19(15-21(20)34-13-10-29-8-11-33-12-9-29)26-16-27-24(18)28-35(30,31)22-6-2-4-17-5-3-7-25-23(17)22/h2-7,14-16H,8-13H2,1H3,(H,26,27,28). The maximum atomic E-state index is 13.3. The van der Waals surface area contributed by atoms with Crippen molar-refractivity contribution in [2.75, 3.05) is 51.3 Å². The lowest BCUT2D eigenvalue weighted by Gasteiger charge is -2.26. The van der Waals surface area contributed by atoms with Gasteiger partial charge in [-0.05, 0) is 18.2 Å². The van der Waals surface area contributed by atoms with Crippen LogP contribution in [0.3, 0.4) is 0 Å². The van der Waals surface area contributed by atoms with E-state index in [4.69, 9.17) is 14.2 Å². The second-order valence-electron chi connectivity index (χ2n) is 7.98. The van der Waals surface area contributed by atoms with Crippen LogP contribution in [-0.4, -0.2) is 74.8 Å². The van der Waals surface area contributed by atoms with E-state index in [-0.39, 0.29) is 10.7 Å². The molecule has 3 heterocycles. The zero-order valence-electron chi connectivity index (χ0n) is 19.2. The normalized spacial score (nSPS) is 14.8. The summed E-state index contributed by atoms with van der Waals surface area (Å²) < 4.78 is 46.1. The molecule has 1 N–H and O–H groups in total. The Balaban J connectivity index is 1.42. The number of hydrogen-bond donors (Lipinski definition) is 1. The smallest absolute Gasteiger partial charge is 0.265 e. The van der Waals surface area contributed by atoms with E-state index in [9.17, 15) is 8.42 Å². The third-order valence-electron chi connectivity index (χ3n) is 5.81. The van der Waals surface area contributed by atoms with Crippen molar-refractivity contribution in [1.29, 1.82) is 0 Å². The van der Waals surface area contributed by atoms with Crippen LogP contribution in [0.25, 0.3) is 21.8 Å². The van der Waals surface area contributed by atoms with Crippen LogP contribution >= 0.6 is 0 Å². The molecule has 10 nitrogen and oxygen atoms in total. The van der Waals surface area contributed by atoms with E-state index in [2.05, 4.69) is 24.6 Å². The summed E-state index contributed by atoms with van der Waals surface area (Å²) in [5.74, 6) is 1.13. The summed E-state index contributed by atoms with van der Waals surface area (Å²) in [5, 5.41) is 1.21. The Hall–Kier alpha value is -3.54. The molecule has 4 aromatic rings. The third kappa shape index (κ3) is 4.97. The molecule has 0 unspecified atom stereocenters. The van der Waals surface area contributed by atoms with Crippen LogP contribution in [0.15, 0.2) is 59.9 Å². The molecule has 1 saturated heterocycles. The summed E-state index contributed by atoms with van der Waals surface area (Å²) in [6, 6.07) is 12.0. The molecular formula is C24H25N5O5S. The summed E-state index contributed by atoms with van der Waals surface area (Å²) in [6.07, 6.45) is 2.87. The molecular weight excluding hydrogens is 470 g/mol. The number of benzene rings is 2. The van der Waals surface area contributed by atoms with E-state index in [1.54, 1.807) is 30.5 Å². The highest BCUT2D eigenvalue weighted by Crippen LogP contribution is 2.35. The molecule has 0 amide bonds. The molecule has 1 aliphatic heterocycles. The Labute approximate surface area is 202 Å². The number of hydrogen-bond acceptors (Lipinski definition) is 9. The van der Waals surface area contributed by atoms with E-state index in [0.717, 1.165) is 38.2 Å². The van der Waals surface area contributed by atoms with Gasteiger partial charge in [-0.25, -0.2) is 18.4 Å². The molecule has 2 aromatic heterocycles. The second kappa shape index (κ2) is 9.98. The molecule has 11 heteroatoms. The van der Waals surface area contributed by atoms with Gasteiger partial charge in [-0.15, -0.1) is 0 Å². The maximum absolute atomic E-state index is 13.3. The minimum atomic E-state index is -3.98. The Bertz CT molecular complexity index is 1450. The molecule has 1 aliphatic rings. The predicted molar refractivity (Wildman–Crippen MR) is 131 cm³/mol. The minimum Gasteiger partial charge on any atom is -0.493 e. The largest absolute Gasteiger partial charge is 0.493 e. The fraction of sp³-hybridized carbons (Fsp3) is 0.292. The number of anilines is 1. The van der Waals surface area contributed by atoms with Crippen LogP contribution < -0.4 is 14.2 Å². The first-order valence-corrected chi connectivity index (χ1v) is 12.7. The Kier molecular flexibility index (Phi) is 6.62. The number of ether oxygens (including phenoxy) is 3. The fourth-order valence-corrected chi connectivity index (χ4v) is 5.21. The Morgan fingerprint density at radius 2 is 1.89 bits per heavy atom. The first-order chi connectivity index (χ1) is 17.0. The van der Waals surface area contributed by atoms with Gasteiger partial charge in [-0.3, -0.25) is 14.6 Å². The van der Waals surface area contributed by atoms with Gasteiger partial charge in [0.15, 0.2) is 17.3 Å². The highest BCUT2D eigenvalue weighted by Gasteiger charge is 2.21. The molecule has 1 fully saturated rings. The lowest BCUT2D eigenvalue weighted by atomic mass is 10.2. The molecule has 35 heavy (non-hydrogen) atoms. The zero-order valence-corrected chi connectivity index (χ0v) is 20.0. The van der Waals surface area contributed by atoms with Crippen LogP contribution in [0.1, 0.15) is 0 Å². The summed E-state index contributed by atoms with van der Waals surface area (Å²) in [5.41, 5.74) is 0.908. The second-order valence-corrected chi connectivity index (χ2v) is 9.63. The van der Waals surface area contributed by atoms with E-state index >= 15 is 0 Å². The summed E-state index contributed by atoms with van der Waals surface area (Å²) in [7, 11) is -2.45. The van der Waals surface area contributed by atoms with Crippen LogP contribution in [0, 0.1) is 0 Å². The van der Waals surface area contributed by atoms with Crippen molar-refractivity contribution < 1.29 is 22.6 Å². The summed E-state index contributed by atoms with van der Waals surface area (Å²) in [6.45, 7) is 4.44. The molecule has 0 bridgehead atoms. The van der Waals surface area contributed by atoms with Crippen molar-refractivity contribution in [3.05, 3.63) is 55.0 Å². The van der Waals surface area contributed by atoms with Gasteiger partial charge in [-0.1, -0.05) is 18.2 Å². The monoisotopic (exact) mass is 495 g/mol. The molecule has 2 aromatic carbocycles. The first-order valence-electron chi connectivity index (χ1n) is 11.2. The van der Waals surface area contributed by atoms with Crippen molar-refractivity contribution in [2.24, 2.45) is 0 Å². The molecule has 0 radical (unpaired) electrons. The zero-order chi connectivity index (χ0) is 24.3. The van der Waals surface area contributed by atoms with Gasteiger partial charge in [0.2, 0.25) is 0 Å². The number of rotatable bonds is 8. The number of nitrogens with one attached hydrogen (secondary N) is 1. The number of fused-ring (bicyclic) bond motifs is 2. The highest BCUT2D eigenvalue weighted by molar-refractivity contribution is 7.93. The van der Waals surface area contributed by atoms with Crippen molar-refractivity contribution in [3.63, 3.8) is 0 Å². The number of aromatic nitrogens is 3. The number of pyridine rings is 1. The SMILES string of the molecule is COc1cc2c(NS(=O)(=O)c3cccc4cccnc34)ncnc2cc1OCCN1CCOCC1. The quantitative estimate of drug-likeness (QED) is 0.394. The van der Waals surface area contributed by atoms with Crippen molar-refractivity contribution in [2.45, 2.75) is 4.90 Å². The van der Waals surface area contributed by atoms with Gasteiger partial charge >= 0.3 is 0 Å². The third-order valence-corrected chi connectivity index (χ3v) is 7.18. The number of sulfonamides is 1. The topological polar surface area (TPSA) is 116 Å². The molecule has 0 saturated carbocycles. The molecule has 0 aliphatic carbocycles. The molecule has 5 rings (SSSR count). The van der Waals surface area contributed by atoms with E-state index < -0.39 is 10.0 Å². The lowest BCUT2D eigenvalue weighted by Crippen LogP contribution is -2.38. The maximum Gasteiger partial charge on any atom is 0.265 e. The van der Waals surface area contributed by atoms with Gasteiger partial charge in [0.1, 0.15) is 17.8 Å².